The van der Waals surface area contributed by atoms with Crippen LogP contribution in [0.4, 0.5) is 0 Å². The van der Waals surface area contributed by atoms with Gasteiger partial charge in [-0.2, -0.15) is 5.10 Å². The van der Waals surface area contributed by atoms with Crippen LogP contribution in [0, 0.1) is 13.8 Å². The van der Waals surface area contributed by atoms with Gasteiger partial charge in [-0.05, 0) is 55.7 Å². The molecule has 0 spiro atoms. The van der Waals surface area contributed by atoms with Gasteiger partial charge in [0.25, 0.3) is 0 Å². The Morgan fingerprint density at radius 2 is 1.83 bits per heavy atom. The predicted molar refractivity (Wildman–Crippen MR) is 117 cm³/mol. The van der Waals surface area contributed by atoms with Crippen molar-refractivity contribution in [3.8, 4) is 17.3 Å². The summed E-state index contributed by atoms with van der Waals surface area (Å²) < 4.78 is 12.4. The molecule has 0 fully saturated rings. The summed E-state index contributed by atoms with van der Waals surface area (Å²) >= 11 is 0. The van der Waals surface area contributed by atoms with E-state index in [1.807, 2.05) is 54.9 Å². The largest absolute Gasteiger partial charge is 0.493 e. The molecule has 0 saturated carbocycles. The molecule has 158 valence electrons. The van der Waals surface area contributed by atoms with Crippen LogP contribution in [0.15, 0.2) is 47.6 Å². The molecule has 3 aromatic rings. The monoisotopic (exact) mass is 408 g/mol. The molecule has 0 aliphatic rings. The first-order valence-electron chi connectivity index (χ1n) is 9.73. The number of guanidine groups is 1. The first-order valence-corrected chi connectivity index (χ1v) is 9.73. The Balaban J connectivity index is 1.51. The third-order valence-corrected chi connectivity index (χ3v) is 4.64. The van der Waals surface area contributed by atoms with Crippen molar-refractivity contribution >= 4 is 5.96 Å². The Kier molecular flexibility index (Phi) is 6.90. The fourth-order valence-corrected chi connectivity index (χ4v) is 3.10. The van der Waals surface area contributed by atoms with Crippen molar-refractivity contribution in [1.29, 1.82) is 0 Å². The van der Waals surface area contributed by atoms with E-state index in [2.05, 4.69) is 20.4 Å². The molecule has 8 heteroatoms. The highest BCUT2D eigenvalue weighted by Crippen LogP contribution is 2.27. The molecular formula is C22H28N6O2. The maximum absolute atomic E-state index is 5.99. The second-order valence-electron chi connectivity index (χ2n) is 6.93. The van der Waals surface area contributed by atoms with Crippen LogP contribution >= 0.6 is 0 Å². The van der Waals surface area contributed by atoms with E-state index in [-0.39, 0.29) is 0 Å². The van der Waals surface area contributed by atoms with Crippen molar-refractivity contribution in [3.63, 3.8) is 0 Å². The zero-order valence-electron chi connectivity index (χ0n) is 17.8. The fourth-order valence-electron chi connectivity index (χ4n) is 3.10. The Labute approximate surface area is 176 Å². The van der Waals surface area contributed by atoms with E-state index in [0.29, 0.717) is 30.5 Å². The maximum Gasteiger partial charge on any atom is 0.188 e. The number of hydrogen-bond donors (Lipinski definition) is 2. The lowest BCUT2D eigenvalue weighted by Gasteiger charge is -2.10. The standard InChI is InChI=1S/C22H28N6O2/c1-15-11-16(2)28(27-15)21-8-6-18(13-25-21)14-26-22(23)24-10-9-17-5-7-19(29-3)20(12-17)30-4/h5-8,11-13H,9-10,14H2,1-4H3,(H3,23,24,26). The summed E-state index contributed by atoms with van der Waals surface area (Å²) in [5.74, 6) is 2.62. The molecule has 3 rings (SSSR count). The zero-order chi connectivity index (χ0) is 21.5. The molecule has 0 unspecified atom stereocenters. The average Bonchev–Trinajstić information content (AvgIpc) is 3.10. The minimum Gasteiger partial charge on any atom is -0.493 e. The molecule has 8 nitrogen and oxygen atoms in total. The molecule has 30 heavy (non-hydrogen) atoms. The van der Waals surface area contributed by atoms with Crippen molar-refractivity contribution in [1.82, 2.24) is 20.1 Å². The lowest BCUT2D eigenvalue weighted by atomic mass is 10.1. The molecule has 0 saturated heterocycles. The number of nitrogens with one attached hydrogen (secondary N) is 1. The Morgan fingerprint density at radius 3 is 2.47 bits per heavy atom. The van der Waals surface area contributed by atoms with Crippen molar-refractivity contribution in [2.45, 2.75) is 26.8 Å². The fraction of sp³-hybridized carbons (Fsp3) is 0.318. The Bertz CT molecular complexity index is 1010. The van der Waals surface area contributed by atoms with Crippen LogP contribution in [-0.4, -0.2) is 41.5 Å². The number of nitrogens with two attached hydrogens (primary N) is 1. The number of pyridine rings is 1. The number of rotatable bonds is 8. The molecule has 2 heterocycles. The summed E-state index contributed by atoms with van der Waals surface area (Å²) in [5, 5.41) is 7.58. The highest BCUT2D eigenvalue weighted by atomic mass is 16.5. The van der Waals surface area contributed by atoms with Crippen molar-refractivity contribution in [2.75, 3.05) is 20.8 Å². The van der Waals surface area contributed by atoms with Crippen LogP contribution in [0.1, 0.15) is 22.5 Å². The molecule has 0 amide bonds. The quantitative estimate of drug-likeness (QED) is 0.439. The van der Waals surface area contributed by atoms with Gasteiger partial charge in [0.1, 0.15) is 0 Å². The van der Waals surface area contributed by atoms with Gasteiger partial charge < -0.3 is 20.5 Å². The smallest absolute Gasteiger partial charge is 0.188 e. The number of aliphatic imine (C=N–C) groups is 1. The third-order valence-electron chi connectivity index (χ3n) is 4.64. The van der Waals surface area contributed by atoms with E-state index < -0.39 is 0 Å². The number of ether oxygens (including phenoxy) is 2. The summed E-state index contributed by atoms with van der Waals surface area (Å²) in [4.78, 5) is 8.87. The minimum absolute atomic E-state index is 0.401. The molecule has 3 N–H and O–H groups in total. The summed E-state index contributed by atoms with van der Waals surface area (Å²) in [6.45, 7) is 5.10. The molecule has 0 aliphatic carbocycles. The van der Waals surface area contributed by atoms with Crippen molar-refractivity contribution in [3.05, 3.63) is 65.1 Å². The molecule has 1 aromatic carbocycles. The van der Waals surface area contributed by atoms with Gasteiger partial charge in [0.2, 0.25) is 0 Å². The zero-order valence-corrected chi connectivity index (χ0v) is 17.8. The number of hydrogen-bond acceptors (Lipinski definition) is 5. The van der Waals surface area contributed by atoms with Gasteiger partial charge in [-0.25, -0.2) is 14.7 Å². The van der Waals surface area contributed by atoms with Gasteiger partial charge >= 0.3 is 0 Å². The summed E-state index contributed by atoms with van der Waals surface area (Å²) in [6.07, 6.45) is 2.58. The van der Waals surface area contributed by atoms with E-state index in [1.54, 1.807) is 20.4 Å². The first kappa shape index (κ1) is 21.2. The molecule has 0 aliphatic heterocycles. The van der Waals surface area contributed by atoms with Gasteiger partial charge in [-0.3, -0.25) is 0 Å². The maximum atomic E-state index is 5.99. The molecule has 0 atom stereocenters. The number of nitrogens with zero attached hydrogens (tertiary/aromatic N) is 4. The van der Waals surface area contributed by atoms with E-state index >= 15 is 0 Å². The van der Waals surface area contributed by atoms with Gasteiger partial charge in [-0.15, -0.1) is 0 Å². The van der Waals surface area contributed by atoms with Crippen molar-refractivity contribution in [2.24, 2.45) is 10.7 Å². The predicted octanol–water partition coefficient (Wildman–Crippen LogP) is 2.55. The van der Waals surface area contributed by atoms with Crippen molar-refractivity contribution < 1.29 is 9.47 Å². The van der Waals surface area contributed by atoms with Gasteiger partial charge in [0.15, 0.2) is 23.3 Å². The summed E-state index contributed by atoms with van der Waals surface area (Å²) in [5.41, 5.74) is 10.1. The van der Waals surface area contributed by atoms with E-state index in [1.165, 1.54) is 0 Å². The normalized spacial score (nSPS) is 11.4. The topological polar surface area (TPSA) is 99.6 Å². The highest BCUT2D eigenvalue weighted by Gasteiger charge is 2.06. The molecule has 2 aromatic heterocycles. The Hall–Kier alpha value is -3.55. The molecule has 0 radical (unpaired) electrons. The van der Waals surface area contributed by atoms with Gasteiger partial charge in [0.05, 0.1) is 26.5 Å². The van der Waals surface area contributed by atoms with Gasteiger partial charge in [0, 0.05) is 18.4 Å². The average molecular weight is 409 g/mol. The first-order chi connectivity index (χ1) is 14.5. The van der Waals surface area contributed by atoms with Crippen LogP contribution in [0.25, 0.3) is 5.82 Å². The SMILES string of the molecule is COc1ccc(CCNC(N)=NCc2ccc(-n3nc(C)cc3C)nc2)cc1OC. The van der Waals surface area contributed by atoms with E-state index in [0.717, 1.165) is 34.8 Å². The lowest BCUT2D eigenvalue weighted by molar-refractivity contribution is 0.354. The summed E-state index contributed by atoms with van der Waals surface area (Å²) in [7, 11) is 3.25. The number of aryl methyl sites for hydroxylation is 2. The third kappa shape index (κ3) is 5.28. The minimum atomic E-state index is 0.401. The molecular weight excluding hydrogens is 380 g/mol. The van der Waals surface area contributed by atoms with Crippen LogP contribution in [-0.2, 0) is 13.0 Å². The lowest BCUT2D eigenvalue weighted by Crippen LogP contribution is -2.33. The van der Waals surface area contributed by atoms with E-state index in [4.69, 9.17) is 15.2 Å². The number of benzene rings is 1. The Morgan fingerprint density at radius 1 is 1.07 bits per heavy atom. The highest BCUT2D eigenvalue weighted by molar-refractivity contribution is 5.77. The van der Waals surface area contributed by atoms with Crippen LogP contribution in [0.3, 0.4) is 0 Å². The van der Waals surface area contributed by atoms with Crippen LogP contribution in [0.5, 0.6) is 11.5 Å². The number of methoxy groups -OCH3 is 2. The number of aromatic nitrogens is 3. The van der Waals surface area contributed by atoms with Crippen LogP contribution in [0.2, 0.25) is 0 Å². The van der Waals surface area contributed by atoms with Gasteiger partial charge in [-0.1, -0.05) is 12.1 Å². The van der Waals surface area contributed by atoms with E-state index in [9.17, 15) is 0 Å². The summed E-state index contributed by atoms with van der Waals surface area (Å²) in [6, 6.07) is 11.8. The second-order valence-corrected chi connectivity index (χ2v) is 6.93. The van der Waals surface area contributed by atoms with Crippen LogP contribution < -0.4 is 20.5 Å². The molecule has 0 bridgehead atoms. The second kappa shape index (κ2) is 9.78.